The van der Waals surface area contributed by atoms with Crippen LogP contribution in [0, 0.1) is 10.6 Å². The summed E-state index contributed by atoms with van der Waals surface area (Å²) in [6.45, 7) is 1.76. The number of nitrogens with one attached hydrogen (secondary N) is 1. The van der Waals surface area contributed by atoms with Gasteiger partial charge in [-0.3, -0.25) is 5.32 Å². The van der Waals surface area contributed by atoms with Crippen LogP contribution >= 0.6 is 22.6 Å². The number of imidazole rings is 1. The quantitative estimate of drug-likeness (QED) is 0.785. The van der Waals surface area contributed by atoms with E-state index in [1.165, 1.54) is 0 Å². The molecule has 7 heteroatoms. The third-order valence-electron chi connectivity index (χ3n) is 1.89. The summed E-state index contributed by atoms with van der Waals surface area (Å²) in [6, 6.07) is 3.60. The highest BCUT2D eigenvalue weighted by atomic mass is 127. The maximum atomic E-state index is 10.5. The lowest BCUT2D eigenvalue weighted by Crippen LogP contribution is -2.08. The largest absolute Gasteiger partial charge is 0.465 e. The molecule has 0 aromatic carbocycles. The summed E-state index contributed by atoms with van der Waals surface area (Å²) in [4.78, 5) is 14.6. The Morgan fingerprint density at radius 2 is 2.33 bits per heavy atom. The van der Waals surface area contributed by atoms with Crippen molar-refractivity contribution in [2.45, 2.75) is 6.92 Å². The van der Waals surface area contributed by atoms with Crippen LogP contribution in [0.2, 0.25) is 0 Å². The van der Waals surface area contributed by atoms with E-state index in [1.54, 1.807) is 17.5 Å². The minimum Gasteiger partial charge on any atom is -0.465 e. The van der Waals surface area contributed by atoms with Crippen molar-refractivity contribution in [3.8, 4) is 0 Å². The number of carboxylic acid groups (broad SMARTS) is 1. The molecule has 2 aromatic heterocycles. The molecular weight excluding hydrogens is 311 g/mol. The van der Waals surface area contributed by atoms with Gasteiger partial charge in [-0.25, -0.2) is 14.3 Å². The summed E-state index contributed by atoms with van der Waals surface area (Å²) in [7, 11) is 0. The maximum absolute atomic E-state index is 10.5. The molecule has 0 fully saturated rings. The Labute approximate surface area is 98.5 Å². The number of rotatable bonds is 1. The predicted molar refractivity (Wildman–Crippen MR) is 62.1 cm³/mol. The van der Waals surface area contributed by atoms with E-state index in [9.17, 15) is 4.79 Å². The van der Waals surface area contributed by atoms with Crippen LogP contribution in [0.1, 0.15) is 5.69 Å². The van der Waals surface area contributed by atoms with Gasteiger partial charge in [0.2, 0.25) is 0 Å². The third kappa shape index (κ3) is 1.87. The van der Waals surface area contributed by atoms with Gasteiger partial charge < -0.3 is 5.11 Å². The first kappa shape index (κ1) is 10.1. The number of aromatic nitrogens is 3. The molecule has 0 aliphatic rings. The van der Waals surface area contributed by atoms with E-state index < -0.39 is 6.09 Å². The standard InChI is InChI=1S/C8H7IN4O2/c1-4-7(11-8(14)15)10-6-3-2-5(9)12-13(4)6/h2-3,11H,1H3,(H,14,15). The zero-order valence-electron chi connectivity index (χ0n) is 7.73. The average molecular weight is 318 g/mol. The van der Waals surface area contributed by atoms with Crippen molar-refractivity contribution in [1.29, 1.82) is 0 Å². The van der Waals surface area contributed by atoms with Gasteiger partial charge in [0.15, 0.2) is 11.5 Å². The second kappa shape index (κ2) is 3.65. The summed E-state index contributed by atoms with van der Waals surface area (Å²) in [5, 5.41) is 15.0. The molecule has 0 atom stereocenters. The van der Waals surface area contributed by atoms with Gasteiger partial charge in [0, 0.05) is 0 Å². The molecule has 0 spiro atoms. The maximum Gasteiger partial charge on any atom is 0.410 e. The van der Waals surface area contributed by atoms with Crippen LogP contribution in [0.3, 0.4) is 0 Å². The number of hydrogen-bond donors (Lipinski definition) is 2. The van der Waals surface area contributed by atoms with Crippen LogP contribution in [0.25, 0.3) is 5.65 Å². The van der Waals surface area contributed by atoms with Crippen molar-refractivity contribution in [2.75, 3.05) is 5.32 Å². The van der Waals surface area contributed by atoms with Gasteiger partial charge in [-0.2, -0.15) is 5.10 Å². The first-order valence-corrected chi connectivity index (χ1v) is 5.17. The van der Waals surface area contributed by atoms with Crippen LogP contribution in [0.5, 0.6) is 0 Å². The molecule has 2 heterocycles. The van der Waals surface area contributed by atoms with Crippen LogP contribution in [0.4, 0.5) is 10.6 Å². The highest BCUT2D eigenvalue weighted by Gasteiger charge is 2.10. The molecule has 0 bridgehead atoms. The number of carbonyl (C=O) groups is 1. The molecule has 0 unspecified atom stereocenters. The van der Waals surface area contributed by atoms with Crippen molar-refractivity contribution in [2.24, 2.45) is 0 Å². The van der Waals surface area contributed by atoms with Crippen molar-refractivity contribution in [3.05, 3.63) is 21.5 Å². The Hall–Kier alpha value is -1.38. The summed E-state index contributed by atoms with van der Waals surface area (Å²) in [5.74, 6) is 0.317. The second-order valence-electron chi connectivity index (χ2n) is 2.90. The highest BCUT2D eigenvalue weighted by molar-refractivity contribution is 14.1. The van der Waals surface area contributed by atoms with Crippen molar-refractivity contribution in [1.82, 2.24) is 14.6 Å². The minimum absolute atomic E-state index is 0.317. The SMILES string of the molecule is Cc1c(NC(=O)O)nc2ccc(I)nn12. The van der Waals surface area contributed by atoms with Gasteiger partial charge in [0.1, 0.15) is 3.70 Å². The molecule has 2 N–H and O–H groups in total. The molecule has 2 aromatic rings. The fourth-order valence-electron chi connectivity index (χ4n) is 1.24. The number of fused-ring (bicyclic) bond motifs is 1. The van der Waals surface area contributed by atoms with Crippen molar-refractivity contribution in [3.63, 3.8) is 0 Å². The van der Waals surface area contributed by atoms with Crippen LogP contribution in [0.15, 0.2) is 12.1 Å². The predicted octanol–water partition coefficient (Wildman–Crippen LogP) is 1.73. The summed E-state index contributed by atoms with van der Waals surface area (Å²) in [6.07, 6.45) is -1.13. The Bertz CT molecular complexity index is 537. The monoisotopic (exact) mass is 318 g/mol. The summed E-state index contributed by atoms with van der Waals surface area (Å²) < 4.78 is 2.43. The number of amides is 1. The van der Waals surface area contributed by atoms with E-state index in [0.29, 0.717) is 17.2 Å². The van der Waals surface area contributed by atoms with Crippen molar-refractivity contribution >= 4 is 40.1 Å². The van der Waals surface area contributed by atoms with Gasteiger partial charge in [-0.1, -0.05) is 0 Å². The Morgan fingerprint density at radius 3 is 3.00 bits per heavy atom. The fraction of sp³-hybridized carbons (Fsp3) is 0.125. The Morgan fingerprint density at radius 1 is 1.60 bits per heavy atom. The van der Waals surface area contributed by atoms with E-state index >= 15 is 0 Å². The number of anilines is 1. The minimum atomic E-state index is -1.13. The van der Waals surface area contributed by atoms with Crippen LogP contribution in [-0.2, 0) is 0 Å². The van der Waals surface area contributed by atoms with Gasteiger partial charge in [-0.05, 0) is 41.6 Å². The zero-order chi connectivity index (χ0) is 11.0. The third-order valence-corrected chi connectivity index (χ3v) is 2.47. The lowest BCUT2D eigenvalue weighted by molar-refractivity contribution is 0.209. The average Bonchev–Trinajstić information content (AvgIpc) is 2.44. The lowest BCUT2D eigenvalue weighted by Gasteiger charge is -1.97. The summed E-state index contributed by atoms with van der Waals surface area (Å²) >= 11 is 2.08. The highest BCUT2D eigenvalue weighted by Crippen LogP contribution is 2.15. The van der Waals surface area contributed by atoms with E-state index in [1.807, 2.05) is 6.07 Å². The van der Waals surface area contributed by atoms with Gasteiger partial charge in [0.05, 0.1) is 5.69 Å². The number of halogens is 1. The van der Waals surface area contributed by atoms with Crippen molar-refractivity contribution < 1.29 is 9.90 Å². The van der Waals surface area contributed by atoms with Gasteiger partial charge >= 0.3 is 6.09 Å². The topological polar surface area (TPSA) is 79.5 Å². The van der Waals surface area contributed by atoms with E-state index in [0.717, 1.165) is 3.70 Å². The molecule has 6 nitrogen and oxygen atoms in total. The molecule has 0 aliphatic carbocycles. The first-order valence-electron chi connectivity index (χ1n) is 4.10. The molecule has 0 saturated heterocycles. The molecule has 2 rings (SSSR count). The first-order chi connectivity index (χ1) is 7.08. The van der Waals surface area contributed by atoms with Crippen LogP contribution in [-0.4, -0.2) is 25.8 Å². The lowest BCUT2D eigenvalue weighted by atomic mass is 10.5. The number of aryl methyl sites for hydroxylation is 1. The van der Waals surface area contributed by atoms with Gasteiger partial charge in [0.25, 0.3) is 0 Å². The molecule has 0 saturated carbocycles. The molecule has 1 amide bonds. The fourth-order valence-corrected chi connectivity index (χ4v) is 1.64. The molecular formula is C8H7IN4O2. The molecule has 78 valence electrons. The Balaban J connectivity index is 2.59. The molecule has 0 aliphatic heterocycles. The van der Waals surface area contributed by atoms with Gasteiger partial charge in [-0.15, -0.1) is 0 Å². The number of nitrogens with zero attached hydrogens (tertiary/aromatic N) is 3. The summed E-state index contributed by atoms with van der Waals surface area (Å²) in [5.41, 5.74) is 1.29. The van der Waals surface area contributed by atoms with Crippen LogP contribution < -0.4 is 5.32 Å². The van der Waals surface area contributed by atoms with E-state index in [2.05, 4.69) is 38.0 Å². The number of hydrogen-bond acceptors (Lipinski definition) is 3. The second-order valence-corrected chi connectivity index (χ2v) is 4.01. The van der Waals surface area contributed by atoms with E-state index in [4.69, 9.17) is 5.11 Å². The molecule has 0 radical (unpaired) electrons. The molecule has 15 heavy (non-hydrogen) atoms. The Kier molecular flexibility index (Phi) is 2.47. The van der Waals surface area contributed by atoms with E-state index in [-0.39, 0.29) is 0 Å². The normalized spacial score (nSPS) is 10.5. The zero-order valence-corrected chi connectivity index (χ0v) is 9.89. The smallest absolute Gasteiger partial charge is 0.410 e.